The molecule has 0 spiro atoms. The lowest BCUT2D eigenvalue weighted by atomic mass is 9.83. The van der Waals surface area contributed by atoms with Crippen LogP contribution in [-0.2, 0) is 15.1 Å². The summed E-state index contributed by atoms with van der Waals surface area (Å²) >= 11 is 0. The molecule has 1 aliphatic heterocycles. The molecule has 0 aromatic carbocycles. The van der Waals surface area contributed by atoms with Gasteiger partial charge in [-0.05, 0) is 44.8 Å². The van der Waals surface area contributed by atoms with Crippen LogP contribution in [0.4, 0.5) is 0 Å². The lowest BCUT2D eigenvalue weighted by Gasteiger charge is -2.38. The van der Waals surface area contributed by atoms with Gasteiger partial charge in [0.1, 0.15) is 5.54 Å². The van der Waals surface area contributed by atoms with Crippen molar-refractivity contribution in [1.29, 1.82) is 0 Å². The minimum Gasteiger partial charge on any atom is -0.353 e. The van der Waals surface area contributed by atoms with Crippen molar-refractivity contribution >= 4 is 24.2 Å². The molecule has 1 saturated heterocycles. The van der Waals surface area contributed by atoms with Crippen molar-refractivity contribution in [3.05, 3.63) is 18.5 Å². The molecule has 7 nitrogen and oxygen atoms in total. The number of nitrogens with one attached hydrogen (secondary N) is 2. The van der Waals surface area contributed by atoms with Gasteiger partial charge in [0, 0.05) is 33.0 Å². The standard InChI is InChI=1S/C18H29N5O2.ClH/c1-22(2)16(25)17(6-3-4-7-17)14-20-15(24)18(8-11-19-12-9-18)23-13-5-10-21-23;/h5,10,13,19H,3-4,6-9,11-12,14H2,1-2H3,(H,20,24);1H. The van der Waals surface area contributed by atoms with Crippen LogP contribution < -0.4 is 10.6 Å². The molecule has 0 radical (unpaired) electrons. The summed E-state index contributed by atoms with van der Waals surface area (Å²) < 4.78 is 1.79. The zero-order chi connectivity index (χ0) is 17.9. The summed E-state index contributed by atoms with van der Waals surface area (Å²) in [5, 5.41) is 10.8. The van der Waals surface area contributed by atoms with E-state index in [0.717, 1.165) is 38.8 Å². The number of rotatable bonds is 5. The Morgan fingerprint density at radius 1 is 1.19 bits per heavy atom. The van der Waals surface area contributed by atoms with E-state index in [1.807, 2.05) is 12.3 Å². The molecule has 1 aliphatic carbocycles. The van der Waals surface area contributed by atoms with E-state index in [-0.39, 0.29) is 24.2 Å². The number of hydrogen-bond acceptors (Lipinski definition) is 4. The SMILES string of the molecule is CN(C)C(=O)C1(CNC(=O)C2(n3cccn3)CCNCC2)CCCC1.Cl. The van der Waals surface area contributed by atoms with E-state index < -0.39 is 11.0 Å². The second kappa shape index (κ2) is 8.39. The van der Waals surface area contributed by atoms with E-state index in [2.05, 4.69) is 15.7 Å². The van der Waals surface area contributed by atoms with Crippen LogP contribution in [0.3, 0.4) is 0 Å². The Labute approximate surface area is 161 Å². The van der Waals surface area contributed by atoms with Gasteiger partial charge in [0.05, 0.1) is 5.41 Å². The van der Waals surface area contributed by atoms with Gasteiger partial charge in [-0.15, -0.1) is 12.4 Å². The van der Waals surface area contributed by atoms with Crippen LogP contribution in [0.25, 0.3) is 0 Å². The first kappa shape index (κ1) is 20.7. The number of carbonyl (C=O) groups excluding carboxylic acids is 2. The molecule has 0 atom stereocenters. The van der Waals surface area contributed by atoms with Crippen molar-refractivity contribution < 1.29 is 9.59 Å². The molecule has 2 amide bonds. The van der Waals surface area contributed by atoms with Gasteiger partial charge in [-0.25, -0.2) is 0 Å². The number of aromatic nitrogens is 2. The second-order valence-corrected chi connectivity index (χ2v) is 7.60. The summed E-state index contributed by atoms with van der Waals surface area (Å²) in [5.41, 5.74) is -1.10. The van der Waals surface area contributed by atoms with Crippen molar-refractivity contribution in [3.8, 4) is 0 Å². The number of piperidine rings is 1. The average Bonchev–Trinajstić information content (AvgIpc) is 3.32. The fourth-order valence-electron chi connectivity index (χ4n) is 4.33. The number of amides is 2. The minimum absolute atomic E-state index is 0. The lowest BCUT2D eigenvalue weighted by molar-refractivity contribution is -0.140. The second-order valence-electron chi connectivity index (χ2n) is 7.60. The third kappa shape index (κ3) is 3.74. The topological polar surface area (TPSA) is 79.3 Å². The van der Waals surface area contributed by atoms with Crippen molar-refractivity contribution in [1.82, 2.24) is 25.3 Å². The Kier molecular flexibility index (Phi) is 6.69. The predicted octanol–water partition coefficient (Wildman–Crippen LogP) is 1.15. The molecule has 8 heteroatoms. The largest absolute Gasteiger partial charge is 0.353 e. The average molecular weight is 384 g/mol. The molecule has 0 bridgehead atoms. The summed E-state index contributed by atoms with van der Waals surface area (Å²) in [6.45, 7) is 1.99. The number of halogens is 1. The lowest BCUT2D eigenvalue weighted by Crippen LogP contribution is -2.57. The van der Waals surface area contributed by atoms with E-state index in [0.29, 0.717) is 19.4 Å². The minimum atomic E-state index is -0.657. The zero-order valence-electron chi connectivity index (χ0n) is 15.7. The van der Waals surface area contributed by atoms with Gasteiger partial charge >= 0.3 is 0 Å². The van der Waals surface area contributed by atoms with Gasteiger partial charge in [-0.2, -0.15) is 5.10 Å². The molecular formula is C18H30ClN5O2. The van der Waals surface area contributed by atoms with Crippen LogP contribution in [0.2, 0.25) is 0 Å². The first-order chi connectivity index (χ1) is 12.0. The maximum atomic E-state index is 13.2. The van der Waals surface area contributed by atoms with Crippen LogP contribution in [0.1, 0.15) is 38.5 Å². The highest BCUT2D eigenvalue weighted by atomic mass is 35.5. The normalized spacial score (nSPS) is 20.8. The van der Waals surface area contributed by atoms with Crippen LogP contribution in [0.5, 0.6) is 0 Å². The summed E-state index contributed by atoms with van der Waals surface area (Å²) in [5.74, 6) is 0.110. The molecule has 2 N–H and O–H groups in total. The van der Waals surface area contributed by atoms with E-state index in [4.69, 9.17) is 0 Å². The maximum Gasteiger partial charge on any atom is 0.248 e. The predicted molar refractivity (Wildman–Crippen MR) is 102 cm³/mol. The number of hydrogen-bond donors (Lipinski definition) is 2. The van der Waals surface area contributed by atoms with Crippen molar-refractivity contribution in [2.75, 3.05) is 33.7 Å². The summed E-state index contributed by atoms with van der Waals surface area (Å²) in [4.78, 5) is 27.6. The first-order valence-electron chi connectivity index (χ1n) is 9.21. The molecule has 2 fully saturated rings. The Balaban J connectivity index is 0.00000243. The summed E-state index contributed by atoms with van der Waals surface area (Å²) in [6.07, 6.45) is 8.77. The summed E-state index contributed by atoms with van der Waals surface area (Å²) in [7, 11) is 3.59. The van der Waals surface area contributed by atoms with E-state index in [1.165, 1.54) is 0 Å². The van der Waals surface area contributed by atoms with E-state index in [1.54, 1.807) is 29.9 Å². The highest BCUT2D eigenvalue weighted by molar-refractivity contribution is 5.87. The smallest absolute Gasteiger partial charge is 0.248 e. The molecule has 1 aromatic heterocycles. The molecule has 1 aromatic rings. The first-order valence-corrected chi connectivity index (χ1v) is 9.21. The summed E-state index contributed by atoms with van der Waals surface area (Å²) in [6, 6.07) is 1.85. The van der Waals surface area contributed by atoms with Gasteiger partial charge < -0.3 is 15.5 Å². The highest BCUT2D eigenvalue weighted by Gasteiger charge is 2.46. The molecule has 0 unspecified atom stereocenters. The number of nitrogens with zero attached hydrogens (tertiary/aromatic N) is 3. The number of carbonyl (C=O) groups is 2. The van der Waals surface area contributed by atoms with Gasteiger partial charge in [0.25, 0.3) is 0 Å². The molecule has 3 rings (SSSR count). The quantitative estimate of drug-likeness (QED) is 0.799. The van der Waals surface area contributed by atoms with Gasteiger partial charge in [-0.3, -0.25) is 14.3 Å². The Hall–Kier alpha value is -1.60. The Morgan fingerprint density at radius 3 is 2.38 bits per heavy atom. The fraction of sp³-hybridized carbons (Fsp3) is 0.722. The monoisotopic (exact) mass is 383 g/mol. The van der Waals surface area contributed by atoms with Crippen molar-refractivity contribution in [2.24, 2.45) is 5.41 Å². The Bertz CT molecular complexity index is 605. The molecular weight excluding hydrogens is 354 g/mol. The zero-order valence-corrected chi connectivity index (χ0v) is 16.5. The molecule has 1 saturated carbocycles. The van der Waals surface area contributed by atoms with Gasteiger partial charge in [0.15, 0.2) is 0 Å². The maximum absolute atomic E-state index is 13.2. The van der Waals surface area contributed by atoms with Crippen LogP contribution >= 0.6 is 12.4 Å². The van der Waals surface area contributed by atoms with Crippen LogP contribution in [-0.4, -0.2) is 60.2 Å². The fourth-order valence-corrected chi connectivity index (χ4v) is 4.33. The molecule has 2 heterocycles. The van der Waals surface area contributed by atoms with Crippen molar-refractivity contribution in [2.45, 2.75) is 44.1 Å². The third-order valence-electron chi connectivity index (χ3n) is 5.80. The third-order valence-corrected chi connectivity index (χ3v) is 5.80. The van der Waals surface area contributed by atoms with Crippen molar-refractivity contribution in [3.63, 3.8) is 0 Å². The molecule has 146 valence electrons. The van der Waals surface area contributed by atoms with Gasteiger partial charge in [-0.1, -0.05) is 12.8 Å². The Morgan fingerprint density at radius 2 is 1.85 bits per heavy atom. The van der Waals surface area contributed by atoms with Gasteiger partial charge in [0.2, 0.25) is 11.8 Å². The van der Waals surface area contributed by atoms with Crippen LogP contribution in [0, 0.1) is 5.41 Å². The highest BCUT2D eigenvalue weighted by Crippen LogP contribution is 2.39. The van der Waals surface area contributed by atoms with E-state index in [9.17, 15) is 9.59 Å². The molecule has 26 heavy (non-hydrogen) atoms. The molecule has 2 aliphatic rings. The van der Waals surface area contributed by atoms with Crippen LogP contribution in [0.15, 0.2) is 18.5 Å². The van der Waals surface area contributed by atoms with E-state index >= 15 is 0 Å².